The molecule has 0 fully saturated rings. The van der Waals surface area contributed by atoms with E-state index < -0.39 is 10.0 Å². The molecule has 6 heteroatoms. The fourth-order valence-electron chi connectivity index (χ4n) is 1.28. The Kier molecular flexibility index (Phi) is 5.10. The van der Waals surface area contributed by atoms with Gasteiger partial charge in [-0.05, 0) is 31.9 Å². The van der Waals surface area contributed by atoms with Crippen LogP contribution in [0.1, 0.15) is 27.7 Å². The van der Waals surface area contributed by atoms with Gasteiger partial charge >= 0.3 is 0 Å². The van der Waals surface area contributed by atoms with Gasteiger partial charge in [0, 0.05) is 18.8 Å². The molecular weight excluding hydrogens is 250 g/mol. The molecular formula is C12H21N3O2S. The molecule has 1 aromatic rings. The normalized spacial score (nSPS) is 12.1. The molecule has 0 bridgehead atoms. The van der Waals surface area contributed by atoms with Crippen molar-refractivity contribution in [1.29, 1.82) is 0 Å². The molecule has 0 atom stereocenters. The van der Waals surface area contributed by atoms with Crippen molar-refractivity contribution in [2.75, 3.05) is 11.9 Å². The third kappa shape index (κ3) is 4.62. The number of nitrogens with zero attached hydrogens (tertiary/aromatic N) is 1. The highest BCUT2D eigenvalue weighted by Gasteiger charge is 2.14. The SMILES string of the molecule is CC(C)CNS(=O)(=O)c1ccc(NC(C)C)nc1. The molecule has 0 saturated carbocycles. The van der Waals surface area contributed by atoms with Crippen molar-refractivity contribution in [2.24, 2.45) is 5.92 Å². The van der Waals surface area contributed by atoms with Crippen LogP contribution in [0.4, 0.5) is 5.82 Å². The molecule has 0 unspecified atom stereocenters. The molecule has 102 valence electrons. The van der Waals surface area contributed by atoms with Crippen LogP contribution < -0.4 is 10.0 Å². The summed E-state index contributed by atoms with van der Waals surface area (Å²) < 4.78 is 26.3. The molecule has 1 rings (SSSR count). The standard InChI is InChI=1S/C12H21N3O2S/c1-9(2)7-14-18(16,17)11-5-6-12(13-8-11)15-10(3)4/h5-6,8-10,14H,7H2,1-4H3,(H,13,15). The summed E-state index contributed by atoms with van der Waals surface area (Å²) >= 11 is 0. The van der Waals surface area contributed by atoms with Crippen LogP contribution >= 0.6 is 0 Å². The molecule has 0 aliphatic carbocycles. The van der Waals surface area contributed by atoms with E-state index in [4.69, 9.17) is 0 Å². The molecule has 0 aliphatic rings. The van der Waals surface area contributed by atoms with Crippen LogP contribution in [-0.4, -0.2) is 26.0 Å². The predicted octanol–water partition coefficient (Wildman–Crippen LogP) is 1.84. The van der Waals surface area contributed by atoms with E-state index >= 15 is 0 Å². The lowest BCUT2D eigenvalue weighted by molar-refractivity contribution is 0.560. The van der Waals surface area contributed by atoms with E-state index in [1.54, 1.807) is 12.1 Å². The lowest BCUT2D eigenvalue weighted by Crippen LogP contribution is -2.27. The van der Waals surface area contributed by atoms with Gasteiger partial charge in [0.1, 0.15) is 10.7 Å². The minimum atomic E-state index is -3.44. The summed E-state index contributed by atoms with van der Waals surface area (Å²) in [5.41, 5.74) is 0. The number of hydrogen-bond acceptors (Lipinski definition) is 4. The van der Waals surface area contributed by atoms with Crippen molar-refractivity contribution in [2.45, 2.75) is 38.6 Å². The van der Waals surface area contributed by atoms with Crippen molar-refractivity contribution in [3.05, 3.63) is 18.3 Å². The largest absolute Gasteiger partial charge is 0.368 e. The van der Waals surface area contributed by atoms with E-state index in [1.165, 1.54) is 6.20 Å². The first-order valence-electron chi connectivity index (χ1n) is 6.03. The van der Waals surface area contributed by atoms with Gasteiger partial charge in [0.05, 0.1) is 0 Å². The van der Waals surface area contributed by atoms with Gasteiger partial charge in [0.25, 0.3) is 0 Å². The Bertz CT molecular complexity index is 467. The van der Waals surface area contributed by atoms with E-state index in [-0.39, 0.29) is 16.9 Å². The highest BCUT2D eigenvalue weighted by atomic mass is 32.2. The Morgan fingerprint density at radius 3 is 2.33 bits per heavy atom. The number of anilines is 1. The zero-order valence-corrected chi connectivity index (χ0v) is 12.1. The van der Waals surface area contributed by atoms with Gasteiger partial charge < -0.3 is 5.32 Å². The quantitative estimate of drug-likeness (QED) is 0.828. The molecule has 2 N–H and O–H groups in total. The van der Waals surface area contributed by atoms with Gasteiger partial charge in [-0.1, -0.05) is 13.8 Å². The minimum absolute atomic E-state index is 0.192. The van der Waals surface area contributed by atoms with Gasteiger partial charge in [-0.3, -0.25) is 0 Å². The summed E-state index contributed by atoms with van der Waals surface area (Å²) in [6.07, 6.45) is 1.37. The summed E-state index contributed by atoms with van der Waals surface area (Å²) in [6.45, 7) is 8.33. The van der Waals surface area contributed by atoms with Crippen molar-refractivity contribution >= 4 is 15.8 Å². The van der Waals surface area contributed by atoms with E-state index in [0.29, 0.717) is 12.4 Å². The summed E-state index contributed by atoms with van der Waals surface area (Å²) in [6, 6.07) is 3.49. The number of aromatic nitrogens is 1. The molecule has 0 radical (unpaired) electrons. The van der Waals surface area contributed by atoms with Crippen molar-refractivity contribution in [1.82, 2.24) is 9.71 Å². The second-order valence-electron chi connectivity index (χ2n) is 4.92. The van der Waals surface area contributed by atoms with E-state index in [9.17, 15) is 8.42 Å². The molecule has 5 nitrogen and oxygen atoms in total. The molecule has 1 aromatic heterocycles. The van der Waals surface area contributed by atoms with E-state index in [0.717, 1.165) is 0 Å². The maximum Gasteiger partial charge on any atom is 0.242 e. The second kappa shape index (κ2) is 6.15. The maximum absolute atomic E-state index is 11.9. The van der Waals surface area contributed by atoms with E-state index in [1.807, 2.05) is 27.7 Å². The molecule has 0 aliphatic heterocycles. The van der Waals surface area contributed by atoms with Crippen molar-refractivity contribution in [3.8, 4) is 0 Å². The summed E-state index contributed by atoms with van der Waals surface area (Å²) in [7, 11) is -3.44. The molecule has 18 heavy (non-hydrogen) atoms. The summed E-state index contributed by atoms with van der Waals surface area (Å²) in [5.74, 6) is 0.947. The Morgan fingerprint density at radius 2 is 1.89 bits per heavy atom. The Balaban J connectivity index is 2.78. The van der Waals surface area contributed by atoms with Gasteiger partial charge in [-0.25, -0.2) is 18.1 Å². The lowest BCUT2D eigenvalue weighted by Gasteiger charge is -2.11. The number of rotatable bonds is 6. The Labute approximate surface area is 109 Å². The van der Waals surface area contributed by atoms with Crippen molar-refractivity contribution in [3.63, 3.8) is 0 Å². The van der Waals surface area contributed by atoms with Crippen LogP contribution in [0, 0.1) is 5.92 Å². The van der Waals surface area contributed by atoms with Crippen LogP contribution in [0.15, 0.2) is 23.2 Å². The Morgan fingerprint density at radius 1 is 1.22 bits per heavy atom. The third-order valence-electron chi connectivity index (χ3n) is 2.16. The van der Waals surface area contributed by atoms with Gasteiger partial charge in [-0.15, -0.1) is 0 Å². The molecule has 0 saturated heterocycles. The monoisotopic (exact) mass is 271 g/mol. The molecule has 0 aromatic carbocycles. The van der Waals surface area contributed by atoms with Crippen LogP contribution in [0.25, 0.3) is 0 Å². The predicted molar refractivity (Wildman–Crippen MR) is 73.0 cm³/mol. The number of hydrogen-bond donors (Lipinski definition) is 2. The van der Waals surface area contributed by atoms with Gasteiger partial charge in [0.2, 0.25) is 10.0 Å². The smallest absolute Gasteiger partial charge is 0.242 e. The van der Waals surface area contributed by atoms with Crippen molar-refractivity contribution < 1.29 is 8.42 Å². The first-order chi connectivity index (χ1) is 8.31. The van der Waals surface area contributed by atoms with E-state index in [2.05, 4.69) is 15.0 Å². The average molecular weight is 271 g/mol. The minimum Gasteiger partial charge on any atom is -0.368 e. The highest BCUT2D eigenvalue weighted by Crippen LogP contribution is 2.11. The fourth-order valence-corrected chi connectivity index (χ4v) is 2.44. The lowest BCUT2D eigenvalue weighted by atomic mass is 10.2. The van der Waals surface area contributed by atoms with Crippen LogP contribution in [0.5, 0.6) is 0 Å². The summed E-state index contributed by atoms with van der Waals surface area (Å²) in [5, 5.41) is 3.11. The number of sulfonamides is 1. The Hall–Kier alpha value is -1.14. The van der Waals surface area contributed by atoms with Gasteiger partial charge in [-0.2, -0.15) is 0 Å². The van der Waals surface area contributed by atoms with Crippen LogP contribution in [0.3, 0.4) is 0 Å². The molecule has 0 amide bonds. The maximum atomic E-state index is 11.9. The zero-order chi connectivity index (χ0) is 13.8. The number of pyridine rings is 1. The molecule has 0 spiro atoms. The van der Waals surface area contributed by atoms with Crippen LogP contribution in [0.2, 0.25) is 0 Å². The zero-order valence-electron chi connectivity index (χ0n) is 11.3. The second-order valence-corrected chi connectivity index (χ2v) is 6.69. The first kappa shape index (κ1) is 14.9. The first-order valence-corrected chi connectivity index (χ1v) is 7.52. The summed E-state index contributed by atoms with van der Waals surface area (Å²) in [4.78, 5) is 4.27. The highest BCUT2D eigenvalue weighted by molar-refractivity contribution is 7.89. The average Bonchev–Trinajstić information content (AvgIpc) is 2.26. The topological polar surface area (TPSA) is 71.1 Å². The van der Waals surface area contributed by atoms with Crippen LogP contribution in [-0.2, 0) is 10.0 Å². The fraction of sp³-hybridized carbons (Fsp3) is 0.583. The molecule has 1 heterocycles. The number of nitrogens with one attached hydrogen (secondary N) is 2. The van der Waals surface area contributed by atoms with Gasteiger partial charge in [0.15, 0.2) is 0 Å². The third-order valence-corrected chi connectivity index (χ3v) is 3.57.